The van der Waals surface area contributed by atoms with Gasteiger partial charge in [-0.2, -0.15) is 0 Å². The van der Waals surface area contributed by atoms with Crippen LogP contribution in [-0.2, 0) is 6.42 Å². The van der Waals surface area contributed by atoms with Crippen LogP contribution in [0.2, 0.25) is 0 Å². The number of hydrogen-bond donors (Lipinski definition) is 1. The maximum atomic E-state index is 13.5. The van der Waals surface area contributed by atoms with Crippen molar-refractivity contribution in [2.45, 2.75) is 12.8 Å². The highest BCUT2D eigenvalue weighted by atomic mass is 19.1. The molecule has 1 aromatic rings. The molecule has 0 bridgehead atoms. The quantitative estimate of drug-likeness (QED) is 0.823. The maximum Gasteiger partial charge on any atom is 0.164 e. The fraction of sp³-hybridized carbons (Fsp3) is 0.455. The van der Waals surface area contributed by atoms with Gasteiger partial charge in [0.15, 0.2) is 11.5 Å². The van der Waals surface area contributed by atoms with Crippen LogP contribution in [0.15, 0.2) is 12.1 Å². The number of benzene rings is 1. The van der Waals surface area contributed by atoms with E-state index in [0.29, 0.717) is 43.2 Å². The SMILES string of the molecule is NCCCc1cc2c(cc1F)OCCO2. The van der Waals surface area contributed by atoms with Crippen LogP contribution in [0.4, 0.5) is 4.39 Å². The van der Waals surface area contributed by atoms with E-state index < -0.39 is 0 Å². The molecule has 1 aliphatic rings. The zero-order valence-corrected chi connectivity index (χ0v) is 8.46. The van der Waals surface area contributed by atoms with E-state index in [1.54, 1.807) is 6.07 Å². The fourth-order valence-electron chi connectivity index (χ4n) is 1.59. The van der Waals surface area contributed by atoms with Gasteiger partial charge in [0.2, 0.25) is 0 Å². The van der Waals surface area contributed by atoms with Gasteiger partial charge in [-0.05, 0) is 31.0 Å². The highest BCUT2D eigenvalue weighted by Gasteiger charge is 2.15. The monoisotopic (exact) mass is 211 g/mol. The molecule has 0 aliphatic carbocycles. The molecule has 0 saturated carbocycles. The number of fused-ring (bicyclic) bond motifs is 1. The predicted octanol–water partition coefficient (Wildman–Crippen LogP) is 1.49. The first-order valence-electron chi connectivity index (χ1n) is 5.09. The average molecular weight is 211 g/mol. The number of rotatable bonds is 3. The molecule has 1 heterocycles. The summed E-state index contributed by atoms with van der Waals surface area (Å²) in [6.07, 6.45) is 1.41. The molecule has 1 aliphatic heterocycles. The lowest BCUT2D eigenvalue weighted by Crippen LogP contribution is -2.16. The Balaban J connectivity index is 2.24. The van der Waals surface area contributed by atoms with Crippen LogP contribution in [0, 0.1) is 5.82 Å². The Labute approximate surface area is 88.0 Å². The summed E-state index contributed by atoms with van der Waals surface area (Å²) in [5.41, 5.74) is 6.03. The van der Waals surface area contributed by atoms with Gasteiger partial charge in [-0.3, -0.25) is 0 Å². The lowest BCUT2D eigenvalue weighted by atomic mass is 10.1. The minimum Gasteiger partial charge on any atom is -0.486 e. The van der Waals surface area contributed by atoms with E-state index in [2.05, 4.69) is 0 Å². The van der Waals surface area contributed by atoms with Gasteiger partial charge < -0.3 is 15.2 Å². The molecule has 0 amide bonds. The van der Waals surface area contributed by atoms with Crippen molar-refractivity contribution < 1.29 is 13.9 Å². The van der Waals surface area contributed by atoms with Crippen LogP contribution < -0.4 is 15.2 Å². The minimum atomic E-state index is -0.243. The lowest BCUT2D eigenvalue weighted by molar-refractivity contribution is 0.170. The topological polar surface area (TPSA) is 44.5 Å². The van der Waals surface area contributed by atoms with Crippen molar-refractivity contribution in [3.8, 4) is 11.5 Å². The molecule has 0 saturated heterocycles. The number of halogens is 1. The molecule has 0 radical (unpaired) electrons. The Kier molecular flexibility index (Phi) is 3.06. The highest BCUT2D eigenvalue weighted by molar-refractivity contribution is 5.44. The van der Waals surface area contributed by atoms with Crippen LogP contribution in [-0.4, -0.2) is 19.8 Å². The minimum absolute atomic E-state index is 0.243. The van der Waals surface area contributed by atoms with Crippen LogP contribution in [0.1, 0.15) is 12.0 Å². The van der Waals surface area contributed by atoms with Crippen molar-refractivity contribution in [2.24, 2.45) is 5.73 Å². The van der Waals surface area contributed by atoms with Gasteiger partial charge in [-0.15, -0.1) is 0 Å². The van der Waals surface area contributed by atoms with Crippen molar-refractivity contribution in [2.75, 3.05) is 19.8 Å². The van der Waals surface area contributed by atoms with Crippen molar-refractivity contribution in [1.82, 2.24) is 0 Å². The summed E-state index contributed by atoms with van der Waals surface area (Å²) in [6.45, 7) is 1.57. The molecule has 2 rings (SSSR count). The lowest BCUT2D eigenvalue weighted by Gasteiger charge is -2.19. The summed E-state index contributed by atoms with van der Waals surface area (Å²) >= 11 is 0. The second kappa shape index (κ2) is 4.49. The third-order valence-electron chi connectivity index (χ3n) is 2.36. The van der Waals surface area contributed by atoms with Crippen LogP contribution in [0.5, 0.6) is 11.5 Å². The van der Waals surface area contributed by atoms with Gasteiger partial charge >= 0.3 is 0 Å². The van der Waals surface area contributed by atoms with Gasteiger partial charge in [0.25, 0.3) is 0 Å². The van der Waals surface area contributed by atoms with Crippen molar-refractivity contribution in [3.63, 3.8) is 0 Å². The molecular formula is C11H14FNO2. The largest absolute Gasteiger partial charge is 0.486 e. The summed E-state index contributed by atoms with van der Waals surface area (Å²) in [4.78, 5) is 0. The molecule has 3 nitrogen and oxygen atoms in total. The van der Waals surface area contributed by atoms with Gasteiger partial charge in [0.05, 0.1) is 0 Å². The van der Waals surface area contributed by atoms with Gasteiger partial charge in [0.1, 0.15) is 19.0 Å². The van der Waals surface area contributed by atoms with Crippen molar-refractivity contribution in [3.05, 3.63) is 23.5 Å². The van der Waals surface area contributed by atoms with E-state index in [1.165, 1.54) is 6.07 Å². The first-order valence-corrected chi connectivity index (χ1v) is 5.09. The van der Waals surface area contributed by atoms with E-state index in [9.17, 15) is 4.39 Å². The van der Waals surface area contributed by atoms with Crippen molar-refractivity contribution in [1.29, 1.82) is 0 Å². The van der Waals surface area contributed by atoms with Crippen molar-refractivity contribution >= 4 is 0 Å². The Morgan fingerprint density at radius 1 is 1.20 bits per heavy atom. The standard InChI is InChI=1S/C11H14FNO2/c12-9-7-11-10(14-4-5-15-11)6-8(9)2-1-3-13/h6-7H,1-5,13H2. The Morgan fingerprint density at radius 3 is 2.53 bits per heavy atom. The van der Waals surface area contributed by atoms with E-state index in [0.717, 1.165) is 6.42 Å². The third-order valence-corrected chi connectivity index (χ3v) is 2.36. The summed E-state index contributed by atoms with van der Waals surface area (Å²) in [6, 6.07) is 3.10. The van der Waals surface area contributed by atoms with E-state index >= 15 is 0 Å². The molecule has 15 heavy (non-hydrogen) atoms. The Morgan fingerprint density at radius 2 is 1.87 bits per heavy atom. The Hall–Kier alpha value is -1.29. The normalized spacial score (nSPS) is 14.0. The number of hydrogen-bond acceptors (Lipinski definition) is 3. The second-order valence-corrected chi connectivity index (χ2v) is 3.48. The molecule has 1 aromatic carbocycles. The summed E-state index contributed by atoms with van der Waals surface area (Å²) < 4.78 is 24.2. The van der Waals surface area contributed by atoms with E-state index in [1.807, 2.05) is 0 Å². The van der Waals surface area contributed by atoms with Crippen LogP contribution in [0.3, 0.4) is 0 Å². The molecule has 0 fully saturated rings. The first kappa shape index (κ1) is 10.2. The molecule has 0 spiro atoms. The molecule has 82 valence electrons. The number of aryl methyl sites for hydroxylation is 1. The van der Waals surface area contributed by atoms with Gasteiger partial charge in [-0.25, -0.2) is 4.39 Å². The summed E-state index contributed by atoms with van der Waals surface area (Å²) in [5.74, 6) is 0.887. The van der Waals surface area contributed by atoms with Crippen LogP contribution in [0.25, 0.3) is 0 Å². The molecule has 4 heteroatoms. The smallest absolute Gasteiger partial charge is 0.164 e. The maximum absolute atomic E-state index is 13.5. The summed E-state index contributed by atoms with van der Waals surface area (Å²) in [5, 5.41) is 0. The molecule has 2 N–H and O–H groups in total. The van der Waals surface area contributed by atoms with Gasteiger partial charge in [-0.1, -0.05) is 0 Å². The van der Waals surface area contributed by atoms with Crippen LogP contribution >= 0.6 is 0 Å². The van der Waals surface area contributed by atoms with E-state index in [-0.39, 0.29) is 5.82 Å². The first-order chi connectivity index (χ1) is 7.31. The van der Waals surface area contributed by atoms with Gasteiger partial charge in [0, 0.05) is 6.07 Å². The highest BCUT2D eigenvalue weighted by Crippen LogP contribution is 2.32. The third kappa shape index (κ3) is 2.21. The van der Waals surface area contributed by atoms with E-state index in [4.69, 9.17) is 15.2 Å². The second-order valence-electron chi connectivity index (χ2n) is 3.48. The number of nitrogens with two attached hydrogens (primary N) is 1. The molecule has 0 atom stereocenters. The fourth-order valence-corrected chi connectivity index (χ4v) is 1.59. The molecular weight excluding hydrogens is 197 g/mol. The summed E-state index contributed by atoms with van der Waals surface area (Å²) in [7, 11) is 0. The molecule has 0 unspecified atom stereocenters. The zero-order chi connectivity index (χ0) is 10.7. The average Bonchev–Trinajstić information content (AvgIpc) is 2.26. The number of ether oxygens (including phenoxy) is 2. The predicted molar refractivity (Wildman–Crippen MR) is 54.8 cm³/mol. The Bertz CT molecular complexity index is 355. The zero-order valence-electron chi connectivity index (χ0n) is 8.46. The molecule has 0 aromatic heterocycles.